The Balaban J connectivity index is 0.000000555. The van der Waals surface area contributed by atoms with Gasteiger partial charge in [-0.05, 0) is 0 Å². The molecule has 0 aromatic carbocycles. The summed E-state index contributed by atoms with van der Waals surface area (Å²) >= 11 is 0. The zero-order valence-electron chi connectivity index (χ0n) is 10.4. The average molecular weight is 306 g/mol. The summed E-state index contributed by atoms with van der Waals surface area (Å²) in [5.41, 5.74) is 0. The minimum Gasteiger partial charge on any atom is -0.418 e. The van der Waals surface area contributed by atoms with Crippen LogP contribution in [0.2, 0.25) is 0 Å². The minimum absolute atomic E-state index is 0.410. The molecule has 0 aliphatic rings. The maximum atomic E-state index is 11.1. The first-order chi connectivity index (χ1) is 8.45. The number of aryl methyl sites for hydroxylation is 1. The fourth-order valence-electron chi connectivity index (χ4n) is 1.34. The molecule has 0 saturated carbocycles. The predicted molar refractivity (Wildman–Crippen MR) is 61.3 cm³/mol. The summed E-state index contributed by atoms with van der Waals surface area (Å²) in [5, 5.41) is -0.867. The lowest BCUT2D eigenvalue weighted by Crippen LogP contribution is -2.42. The van der Waals surface area contributed by atoms with Gasteiger partial charge in [0.15, 0.2) is 0 Å². The van der Waals surface area contributed by atoms with Gasteiger partial charge in [-0.3, -0.25) is 4.55 Å². The van der Waals surface area contributed by atoms with Crippen molar-refractivity contribution in [3.05, 3.63) is 18.7 Å². The van der Waals surface area contributed by atoms with Crippen LogP contribution in [0.4, 0.5) is 17.3 Å². The van der Waals surface area contributed by atoms with Crippen molar-refractivity contribution >= 4 is 17.4 Å². The molecule has 19 heavy (non-hydrogen) atoms. The molecule has 0 amide bonds. The quantitative estimate of drug-likeness (QED) is 0.399. The molecule has 5 nitrogen and oxygen atoms in total. The summed E-state index contributed by atoms with van der Waals surface area (Å²) in [6.45, 7) is 1.88. The van der Waals surface area contributed by atoms with E-state index in [0.717, 1.165) is 0 Å². The van der Waals surface area contributed by atoms with Gasteiger partial charge in [-0.2, -0.15) is 8.42 Å². The number of nitrogens with zero attached hydrogens (tertiary/aromatic N) is 2. The van der Waals surface area contributed by atoms with Crippen molar-refractivity contribution in [1.82, 2.24) is 4.57 Å². The zero-order chi connectivity index (χ0) is 15.3. The van der Waals surface area contributed by atoms with Crippen molar-refractivity contribution < 1.29 is 34.8 Å². The second-order valence-corrected chi connectivity index (χ2v) is 5.35. The van der Waals surface area contributed by atoms with Gasteiger partial charge in [0.2, 0.25) is 11.7 Å². The highest BCUT2D eigenvalue weighted by molar-refractivity contribution is 7.85. The van der Waals surface area contributed by atoms with E-state index in [9.17, 15) is 25.7 Å². The van der Waals surface area contributed by atoms with E-state index < -0.39 is 22.7 Å². The molecule has 0 bridgehead atoms. The van der Waals surface area contributed by atoms with Gasteiger partial charge in [0.1, 0.15) is 12.4 Å². The first kappa shape index (κ1) is 17.9. The fraction of sp³-hybridized carbons (Fsp3) is 0.625. The Bertz CT molecular complexity index is 482. The third-order valence-electron chi connectivity index (χ3n) is 2.00. The lowest BCUT2D eigenvalue weighted by Gasteiger charge is -2.08. The molecule has 0 aliphatic heterocycles. The van der Waals surface area contributed by atoms with Gasteiger partial charge in [-0.25, -0.2) is 9.13 Å². The first-order valence-corrected chi connectivity index (χ1v) is 6.81. The summed E-state index contributed by atoms with van der Waals surface area (Å²) in [6.07, 6.45) is 6.11. The molecular weight excluding hydrogens is 291 g/mol. The van der Waals surface area contributed by atoms with Gasteiger partial charge in [0.05, 0.1) is 7.05 Å². The maximum absolute atomic E-state index is 11.1. The highest BCUT2D eigenvalue weighted by atomic mass is 32.2. The summed E-state index contributed by atoms with van der Waals surface area (Å²) in [4.78, 5) is 0. The fourth-order valence-corrected chi connectivity index (χ4v) is 2.30. The summed E-state index contributed by atoms with van der Waals surface area (Å²) < 4.78 is 73.4. The van der Waals surface area contributed by atoms with Crippen LogP contribution < -0.4 is 4.57 Å². The van der Waals surface area contributed by atoms with E-state index in [2.05, 4.69) is 0 Å². The molecular formula is C8H15BF4N2O3S. The van der Waals surface area contributed by atoms with Crippen LogP contribution in [0.5, 0.6) is 0 Å². The van der Waals surface area contributed by atoms with Gasteiger partial charge in [0.25, 0.3) is 0 Å². The molecule has 1 aromatic heterocycles. The number of halogens is 4. The third-order valence-corrected chi connectivity index (χ3v) is 3.17. The number of aromatic nitrogens is 2. The van der Waals surface area contributed by atoms with Crippen molar-refractivity contribution in [2.24, 2.45) is 7.05 Å². The highest BCUT2D eigenvalue weighted by Crippen LogP contribution is 2.12. The Hall–Kier alpha value is -1.10. The van der Waals surface area contributed by atoms with Crippen LogP contribution in [-0.2, 0) is 17.2 Å². The van der Waals surface area contributed by atoms with Crippen molar-refractivity contribution in [1.29, 1.82) is 0 Å². The maximum Gasteiger partial charge on any atom is 0.673 e. The second kappa shape index (κ2) is 6.89. The molecule has 0 saturated heterocycles. The van der Waals surface area contributed by atoms with E-state index in [1.165, 1.54) is 4.57 Å². The third kappa shape index (κ3) is 8.59. The van der Waals surface area contributed by atoms with Crippen molar-refractivity contribution in [2.75, 3.05) is 0 Å². The van der Waals surface area contributed by atoms with E-state index in [4.69, 9.17) is 4.55 Å². The molecule has 1 aromatic rings. The van der Waals surface area contributed by atoms with Crippen LogP contribution >= 0.6 is 0 Å². The average Bonchev–Trinajstić information content (AvgIpc) is 2.56. The Kier molecular flexibility index (Phi) is 6.50. The molecule has 0 radical (unpaired) electrons. The number of hydrogen-bond acceptors (Lipinski definition) is 2. The van der Waals surface area contributed by atoms with Gasteiger partial charge in [-0.1, -0.05) is 13.3 Å². The Morgan fingerprint density at radius 2 is 1.84 bits per heavy atom. The lowest BCUT2D eigenvalue weighted by molar-refractivity contribution is -0.702. The van der Waals surface area contributed by atoms with Gasteiger partial charge >= 0.3 is 17.4 Å². The molecule has 1 rings (SSSR count). The first-order valence-electron chi connectivity index (χ1n) is 5.31. The van der Waals surface area contributed by atoms with Crippen LogP contribution in [0.25, 0.3) is 0 Å². The number of imidazole rings is 1. The second-order valence-electron chi connectivity index (χ2n) is 3.78. The van der Waals surface area contributed by atoms with Crippen LogP contribution in [0.1, 0.15) is 25.1 Å². The van der Waals surface area contributed by atoms with Crippen molar-refractivity contribution in [3.63, 3.8) is 0 Å². The van der Waals surface area contributed by atoms with Crippen LogP contribution in [0, 0.1) is 0 Å². The number of rotatable bonds is 4. The largest absolute Gasteiger partial charge is 0.673 e. The van der Waals surface area contributed by atoms with Crippen LogP contribution in [0.3, 0.4) is 0 Å². The topological polar surface area (TPSA) is 63.2 Å². The summed E-state index contributed by atoms with van der Waals surface area (Å²) in [7, 11) is -8.22. The molecule has 1 heterocycles. The Morgan fingerprint density at radius 1 is 1.37 bits per heavy atom. The van der Waals surface area contributed by atoms with E-state index in [1.807, 2.05) is 6.92 Å². The van der Waals surface area contributed by atoms with Crippen molar-refractivity contribution in [3.8, 4) is 0 Å². The van der Waals surface area contributed by atoms with E-state index in [1.54, 1.807) is 30.3 Å². The molecule has 1 N–H and O–H groups in total. The Morgan fingerprint density at radius 3 is 2.11 bits per heavy atom. The molecule has 1 unspecified atom stereocenters. The highest BCUT2D eigenvalue weighted by Gasteiger charge is 2.28. The predicted octanol–water partition coefficient (Wildman–Crippen LogP) is 1.80. The SMILES string of the molecule is CCCC([n+]1ccn(C)c1)S(=O)(=O)O.F[B-](F)(F)F. The normalized spacial score (nSPS) is 13.6. The van der Waals surface area contributed by atoms with E-state index in [-0.39, 0.29) is 0 Å². The molecule has 1 atom stereocenters. The molecule has 11 heteroatoms. The van der Waals surface area contributed by atoms with Crippen molar-refractivity contribution in [2.45, 2.75) is 25.1 Å². The van der Waals surface area contributed by atoms with E-state index >= 15 is 0 Å². The standard InChI is InChI=1S/C8H14N2O3S.BF4/c1-3-4-8(14(11,12)13)10-6-5-9(2)7-10;2-1(3,4)5/h5-8H,3-4H2,1-2H3;/q;-1/p+1. The smallest absolute Gasteiger partial charge is 0.418 e. The van der Waals surface area contributed by atoms with E-state index in [0.29, 0.717) is 12.8 Å². The van der Waals surface area contributed by atoms with Gasteiger partial charge < -0.3 is 17.3 Å². The number of hydrogen-bond donors (Lipinski definition) is 1. The van der Waals surface area contributed by atoms with Gasteiger partial charge in [0, 0.05) is 6.42 Å². The minimum atomic E-state index is -6.00. The molecule has 0 fully saturated rings. The lowest BCUT2D eigenvalue weighted by atomic mass is 10.3. The summed E-state index contributed by atoms with van der Waals surface area (Å²) in [5.74, 6) is 0. The zero-order valence-corrected chi connectivity index (χ0v) is 11.2. The van der Waals surface area contributed by atoms with Crippen LogP contribution in [0.15, 0.2) is 18.7 Å². The summed E-state index contributed by atoms with van der Waals surface area (Å²) in [6, 6.07) is 0. The molecule has 0 spiro atoms. The van der Waals surface area contributed by atoms with Gasteiger partial charge in [-0.15, -0.1) is 0 Å². The molecule has 112 valence electrons. The van der Waals surface area contributed by atoms with Crippen LogP contribution in [-0.4, -0.2) is 24.8 Å². The molecule has 0 aliphatic carbocycles. The monoisotopic (exact) mass is 306 g/mol. The Labute approximate surface area is 108 Å².